The normalized spacial score (nSPS) is 15.5. The van der Waals surface area contributed by atoms with E-state index >= 15 is 0 Å². The van der Waals surface area contributed by atoms with E-state index in [1.165, 1.54) is 206 Å². The Bertz CT molecular complexity index is 6560. The highest BCUT2D eigenvalue weighted by Gasteiger charge is 2.55. The number of ketones is 2. The minimum Gasteiger partial charge on any atom is -0.289 e. The minimum absolute atomic E-state index is 0.00870. The van der Waals surface area contributed by atoms with Gasteiger partial charge in [0, 0.05) is 112 Å². The SMILES string of the molecule is [C-]#[N+]/C(C#N)=C1\C(=C\c2cc3sc(-c4cc5sc6c(c5s4)C(c4ccc(CCCCCC)cc4)(c4ccc(CCCCCC)cc4)c4cc5c(cc4-6)C(c4ccc(CCCCCC)cc4)(c4ccc(CCCCCC)cc4)c4c-5sc5cc(-c6cc7sc(/C=C8\C(=O)c9cc(F)c(F)cc9\C8=C(\C#N)[N+]#[C-])cc7s6)sc45)cc3s2)C(=O)c2cc(F)c(F)cc21. The van der Waals surface area contributed by atoms with Crippen molar-refractivity contribution in [1.82, 2.24) is 0 Å². The maximum Gasteiger partial charge on any atom is 0.270 e. The second kappa shape index (κ2) is 34.2. The number of nitriles is 2. The van der Waals surface area contributed by atoms with Crippen molar-refractivity contribution >= 4 is 163 Å². The number of benzene rings is 7. The molecule has 124 heavy (non-hydrogen) atoms. The van der Waals surface area contributed by atoms with Gasteiger partial charge in [0.05, 0.1) is 45.5 Å². The van der Waals surface area contributed by atoms with Gasteiger partial charge < -0.3 is 0 Å². The number of carbonyl (C=O) groups excluding carboxylic acids is 2. The van der Waals surface area contributed by atoms with Crippen LogP contribution in [0.2, 0.25) is 0 Å². The fourth-order valence-electron chi connectivity index (χ4n) is 19.3. The van der Waals surface area contributed by atoms with E-state index in [1.807, 2.05) is 69.6 Å². The Morgan fingerprint density at radius 3 is 0.952 bits per heavy atom. The van der Waals surface area contributed by atoms with Crippen LogP contribution < -0.4 is 0 Å². The van der Waals surface area contributed by atoms with Gasteiger partial charge in [0.25, 0.3) is 11.4 Å². The number of allylic oxidation sites excluding steroid dienone is 6. The molecule has 0 radical (unpaired) electrons. The van der Waals surface area contributed by atoms with Gasteiger partial charge in [0.1, 0.15) is 0 Å². The van der Waals surface area contributed by atoms with Gasteiger partial charge in [-0.15, -0.1) is 90.7 Å². The third-order valence-corrected chi connectivity index (χ3v) is 35.1. The molecule has 0 unspecified atom stereocenters. The molecule has 8 heterocycles. The lowest BCUT2D eigenvalue weighted by molar-refractivity contribution is 0.103. The lowest BCUT2D eigenvalue weighted by Crippen LogP contribution is -2.30. The number of carbonyl (C=O) groups is 2. The summed E-state index contributed by atoms with van der Waals surface area (Å²) in [5, 5.41) is 20.3. The summed E-state index contributed by atoms with van der Waals surface area (Å²) in [6, 6.07) is 64.7. The molecule has 614 valence electrons. The predicted octanol–water partition coefficient (Wildman–Crippen LogP) is 32.8. The summed E-state index contributed by atoms with van der Waals surface area (Å²) in [6.07, 6.45) is 26.0. The van der Waals surface area contributed by atoms with Crippen molar-refractivity contribution in [2.45, 2.75) is 167 Å². The van der Waals surface area contributed by atoms with Crippen LogP contribution >= 0.6 is 90.7 Å². The Morgan fingerprint density at radius 1 is 0.355 bits per heavy atom. The van der Waals surface area contributed by atoms with Gasteiger partial charge in [-0.1, -0.05) is 202 Å². The average Bonchev–Trinajstić information content (AvgIpc) is 1.49. The third-order valence-electron chi connectivity index (χ3n) is 25.4. The van der Waals surface area contributed by atoms with E-state index in [1.54, 1.807) is 34.8 Å². The smallest absolute Gasteiger partial charge is 0.270 e. The van der Waals surface area contributed by atoms with Crippen LogP contribution in [-0.4, -0.2) is 11.6 Å². The standard InChI is InChI=1S/C106H82F4N4O2S8/c1-7-11-15-19-23-59-27-35-63(36-28-59)105(64-37-29-60(30-38-64)24-20-16-12-8-2)77-47-74-78(48-73(77)101-97(105)103-93(123-101)55-91(121-103)89-53-87-85(119-89)45-67(117-87)43-75-95(83(57-111)113-5)69-49-79(107)81(109)51-71(69)99(75)115)106(65-39-31-61(32-40-65)25-21-17-13-9-3,66-41-33-62(34-42-66)26-22-18-14-10-4)98-102(74)124-94-56-92(122-104(94)98)90-54-88-86(120-90)46-68(118-88)44-76-96(84(58-112)114-6)70-50-80(108)82(110)52-72(70)100(76)116/h27-56H,7-26H2,1-4H3/b75-43-,76-44-,95-83-,96-84+. The number of unbranched alkanes of at least 4 members (excludes halogenated alkanes) is 12. The quantitative estimate of drug-likeness (QED) is 0.0161. The topological polar surface area (TPSA) is 90.4 Å². The number of aryl methyl sites for hydroxylation is 4. The molecule has 0 spiro atoms. The van der Waals surface area contributed by atoms with E-state index in [9.17, 15) is 37.7 Å². The summed E-state index contributed by atoms with van der Waals surface area (Å²) < 4.78 is 68.1. The van der Waals surface area contributed by atoms with Crippen LogP contribution in [0.3, 0.4) is 0 Å². The Hall–Kier alpha value is -10.8. The van der Waals surface area contributed by atoms with E-state index in [0.29, 0.717) is 9.75 Å². The van der Waals surface area contributed by atoms with Crippen molar-refractivity contribution in [3.8, 4) is 52.5 Å². The van der Waals surface area contributed by atoms with E-state index in [-0.39, 0.29) is 55.9 Å². The highest BCUT2D eigenvalue weighted by Crippen LogP contribution is 2.69. The predicted molar refractivity (Wildman–Crippen MR) is 512 cm³/mol. The molecule has 4 aliphatic carbocycles. The monoisotopic (exact) mass is 1770 g/mol. The van der Waals surface area contributed by atoms with Crippen molar-refractivity contribution in [3.05, 3.63) is 337 Å². The fourth-order valence-corrected chi connectivity index (χ4v) is 29.7. The van der Waals surface area contributed by atoms with Gasteiger partial charge in [0.15, 0.2) is 34.8 Å². The highest BCUT2D eigenvalue weighted by molar-refractivity contribution is 7.36. The molecule has 0 saturated carbocycles. The van der Waals surface area contributed by atoms with Crippen LogP contribution in [0.15, 0.2) is 192 Å². The van der Waals surface area contributed by atoms with Crippen molar-refractivity contribution in [3.63, 3.8) is 0 Å². The van der Waals surface area contributed by atoms with Gasteiger partial charge in [-0.3, -0.25) is 9.59 Å². The number of halogens is 4. The first-order valence-electron chi connectivity index (χ1n) is 42.9. The van der Waals surface area contributed by atoms with Gasteiger partial charge >= 0.3 is 0 Å². The Balaban J connectivity index is 0.803. The van der Waals surface area contributed by atoms with Crippen molar-refractivity contribution in [1.29, 1.82) is 10.5 Å². The minimum atomic E-state index is -1.18. The highest BCUT2D eigenvalue weighted by atomic mass is 32.1. The molecular formula is C106H82F4N4O2S8. The molecule has 0 fully saturated rings. The van der Waals surface area contributed by atoms with Crippen molar-refractivity contribution in [2.24, 2.45) is 0 Å². The second-order valence-electron chi connectivity index (χ2n) is 33.0. The lowest BCUT2D eigenvalue weighted by Gasteiger charge is -2.36. The van der Waals surface area contributed by atoms with Gasteiger partial charge in [0.2, 0.25) is 0 Å². The maximum atomic E-state index is 14.9. The molecule has 18 heteroatoms. The third kappa shape index (κ3) is 14.1. The number of rotatable bonds is 28. The van der Waals surface area contributed by atoms with Crippen LogP contribution in [-0.2, 0) is 36.5 Å². The number of nitrogens with zero attached hydrogens (tertiary/aromatic N) is 4. The summed E-state index contributed by atoms with van der Waals surface area (Å²) in [7, 11) is 0. The number of hydrogen-bond acceptors (Lipinski definition) is 12. The first-order valence-corrected chi connectivity index (χ1v) is 49.4. The van der Waals surface area contributed by atoms with Gasteiger partial charge in [-0.2, -0.15) is 0 Å². The van der Waals surface area contributed by atoms with Crippen LogP contribution in [0.25, 0.3) is 111 Å². The Labute approximate surface area is 751 Å². The maximum absolute atomic E-state index is 14.9. The lowest BCUT2D eigenvalue weighted by atomic mass is 9.65. The van der Waals surface area contributed by atoms with Crippen LogP contribution in [0.5, 0.6) is 0 Å². The number of thiophene rings is 8. The Morgan fingerprint density at radius 2 is 0.653 bits per heavy atom. The van der Waals surface area contributed by atoms with E-state index in [4.69, 9.17) is 13.1 Å². The summed E-state index contributed by atoms with van der Waals surface area (Å²) >= 11 is 13.8. The molecule has 0 amide bonds. The fraction of sp³-hybridized carbons (Fsp3) is 0.245. The summed E-state index contributed by atoms with van der Waals surface area (Å²) in [5.41, 5.74) is 15.4. The summed E-state index contributed by atoms with van der Waals surface area (Å²) in [6.45, 7) is 24.8. The second-order valence-corrected chi connectivity index (χ2v) is 41.6. The molecule has 0 aliphatic heterocycles. The Kier molecular flexibility index (Phi) is 22.9. The van der Waals surface area contributed by atoms with Crippen LogP contribution in [0, 0.1) is 59.1 Å². The molecule has 19 rings (SSSR count). The van der Waals surface area contributed by atoms with E-state index in [0.717, 1.165) is 114 Å². The molecule has 4 aliphatic rings. The van der Waals surface area contributed by atoms with Gasteiger partial charge in [-0.05, 0) is 214 Å². The first-order chi connectivity index (χ1) is 60.5. The van der Waals surface area contributed by atoms with Crippen molar-refractivity contribution < 1.29 is 27.2 Å². The summed E-state index contributed by atoms with van der Waals surface area (Å²) in [5.74, 6) is -5.83. The van der Waals surface area contributed by atoms with E-state index < -0.39 is 45.7 Å². The zero-order valence-corrected chi connectivity index (χ0v) is 75.4. The zero-order chi connectivity index (χ0) is 85.4. The molecular weight excluding hydrogens is 1690 g/mol. The molecule has 0 N–H and O–H groups in total. The number of fused-ring (bicyclic) bond motifs is 14. The largest absolute Gasteiger partial charge is 0.289 e. The molecule has 6 nitrogen and oxygen atoms in total. The molecule has 0 saturated heterocycles. The van der Waals surface area contributed by atoms with Gasteiger partial charge in [-0.25, -0.2) is 37.8 Å². The number of hydrogen-bond donors (Lipinski definition) is 0. The molecule has 0 atom stereocenters. The molecule has 15 aromatic rings. The van der Waals surface area contributed by atoms with Crippen LogP contribution in [0.4, 0.5) is 17.6 Å². The molecule has 0 bridgehead atoms. The first kappa shape index (κ1) is 82.7. The zero-order valence-electron chi connectivity index (χ0n) is 68.8. The van der Waals surface area contributed by atoms with Crippen LogP contribution in [0.1, 0.15) is 239 Å². The van der Waals surface area contributed by atoms with E-state index in [2.05, 4.69) is 171 Å². The summed E-state index contributed by atoms with van der Waals surface area (Å²) in [4.78, 5) is 43.5. The molecule has 8 aromatic heterocycles. The molecule has 7 aromatic carbocycles. The number of Topliss-reactive ketones (excluding diaryl/α,β-unsaturated/α-hetero) is 2. The van der Waals surface area contributed by atoms with Crippen molar-refractivity contribution in [2.75, 3.05) is 0 Å². The average molecular weight is 1780 g/mol.